The van der Waals surface area contributed by atoms with Crippen molar-refractivity contribution in [1.29, 1.82) is 0 Å². The molecule has 5 heteroatoms. The van der Waals surface area contributed by atoms with Crippen molar-refractivity contribution < 1.29 is 13.6 Å². The van der Waals surface area contributed by atoms with Gasteiger partial charge < -0.3 is 0 Å². The van der Waals surface area contributed by atoms with Gasteiger partial charge >= 0.3 is 0 Å². The first-order chi connectivity index (χ1) is 9.56. The summed E-state index contributed by atoms with van der Waals surface area (Å²) < 4.78 is 25.9. The fourth-order valence-corrected chi connectivity index (χ4v) is 2.54. The van der Waals surface area contributed by atoms with Crippen LogP contribution < -0.4 is 0 Å². The molecule has 0 saturated heterocycles. The molecule has 0 aliphatic heterocycles. The van der Waals surface area contributed by atoms with E-state index in [1.54, 1.807) is 11.3 Å². The molecular weight excluding hydrogens is 280 g/mol. The predicted molar refractivity (Wildman–Crippen MR) is 76.2 cm³/mol. The zero-order valence-corrected chi connectivity index (χ0v) is 11.9. The van der Waals surface area contributed by atoms with Crippen LogP contribution in [0.4, 0.5) is 8.78 Å². The molecule has 0 amide bonds. The molecule has 106 valence electrons. The minimum Gasteiger partial charge on any atom is -0.299 e. The number of rotatable bonds is 6. The van der Waals surface area contributed by atoms with E-state index < -0.39 is 11.6 Å². The third-order valence-electron chi connectivity index (χ3n) is 2.98. The highest BCUT2D eigenvalue weighted by Crippen LogP contribution is 2.11. The molecule has 0 saturated carbocycles. The average molecular weight is 295 g/mol. The number of halogens is 2. The molecule has 0 aliphatic rings. The smallest absolute Gasteiger partial charge is 0.176 e. The molecule has 1 aromatic carbocycles. The van der Waals surface area contributed by atoms with Gasteiger partial charge in [-0.05, 0) is 43.1 Å². The predicted octanol–water partition coefficient (Wildman–Crippen LogP) is 3.38. The number of nitrogens with zero attached hydrogens (tertiary/aromatic N) is 1. The molecule has 0 N–H and O–H groups in total. The number of carbonyl (C=O) groups excluding carboxylic acids is 1. The Kier molecular flexibility index (Phi) is 4.98. The molecule has 0 atom stereocenters. The van der Waals surface area contributed by atoms with Crippen LogP contribution in [0.25, 0.3) is 0 Å². The standard InChI is InChI=1S/C15H15F2NOS/c1-18(7-6-12-3-2-8-20-12)10-15(19)11-4-5-13(16)14(17)9-11/h2-5,8-9H,6-7,10H2,1H3. The minimum atomic E-state index is -0.989. The van der Waals surface area contributed by atoms with Crippen molar-refractivity contribution in [3.63, 3.8) is 0 Å². The summed E-state index contributed by atoms with van der Waals surface area (Å²) in [6.07, 6.45) is 0.874. The molecular formula is C15H15F2NOS. The van der Waals surface area contributed by atoms with Crippen LogP contribution in [0, 0.1) is 11.6 Å². The maximum atomic E-state index is 13.1. The lowest BCUT2D eigenvalue weighted by Gasteiger charge is -2.15. The van der Waals surface area contributed by atoms with Gasteiger partial charge in [0.2, 0.25) is 0 Å². The molecule has 2 aromatic rings. The van der Waals surface area contributed by atoms with Crippen molar-refractivity contribution in [2.75, 3.05) is 20.1 Å². The number of thiophene rings is 1. The van der Waals surface area contributed by atoms with Gasteiger partial charge in [0.25, 0.3) is 0 Å². The van der Waals surface area contributed by atoms with Gasteiger partial charge in [-0.25, -0.2) is 8.78 Å². The van der Waals surface area contributed by atoms with Crippen molar-refractivity contribution in [3.05, 3.63) is 57.8 Å². The molecule has 2 rings (SSSR count). The normalized spacial score (nSPS) is 11.0. The first-order valence-electron chi connectivity index (χ1n) is 6.25. The lowest BCUT2D eigenvalue weighted by atomic mass is 10.1. The Balaban J connectivity index is 1.88. The third kappa shape index (κ3) is 3.95. The minimum absolute atomic E-state index is 0.191. The van der Waals surface area contributed by atoms with Gasteiger partial charge in [-0.2, -0.15) is 0 Å². The Morgan fingerprint density at radius 3 is 2.70 bits per heavy atom. The average Bonchev–Trinajstić information content (AvgIpc) is 2.92. The van der Waals surface area contributed by atoms with Crippen LogP contribution in [0.2, 0.25) is 0 Å². The fraction of sp³-hybridized carbons (Fsp3) is 0.267. The number of Topliss-reactive ketones (excluding diaryl/α,β-unsaturated/α-hetero) is 1. The van der Waals surface area contributed by atoms with E-state index in [-0.39, 0.29) is 17.9 Å². The Bertz CT molecular complexity index is 584. The van der Waals surface area contributed by atoms with Crippen LogP contribution in [0.5, 0.6) is 0 Å². The SMILES string of the molecule is CN(CCc1cccs1)CC(=O)c1ccc(F)c(F)c1. The summed E-state index contributed by atoms with van der Waals surface area (Å²) in [5, 5.41) is 2.02. The molecule has 20 heavy (non-hydrogen) atoms. The number of likely N-dealkylation sites (N-methyl/N-ethyl adjacent to an activating group) is 1. The zero-order valence-electron chi connectivity index (χ0n) is 11.1. The number of ketones is 1. The molecule has 2 nitrogen and oxygen atoms in total. The maximum Gasteiger partial charge on any atom is 0.176 e. The Labute approximate surface area is 120 Å². The van der Waals surface area contributed by atoms with E-state index in [0.29, 0.717) is 0 Å². The van der Waals surface area contributed by atoms with Crippen LogP contribution >= 0.6 is 11.3 Å². The summed E-state index contributed by atoms with van der Waals surface area (Å²) in [6, 6.07) is 7.29. The first-order valence-corrected chi connectivity index (χ1v) is 7.13. The Morgan fingerprint density at radius 2 is 2.05 bits per heavy atom. The van der Waals surface area contributed by atoms with E-state index in [1.807, 2.05) is 23.4 Å². The highest BCUT2D eigenvalue weighted by atomic mass is 32.1. The largest absolute Gasteiger partial charge is 0.299 e. The lowest BCUT2D eigenvalue weighted by molar-refractivity contribution is 0.0946. The van der Waals surface area contributed by atoms with Crippen LogP contribution in [0.15, 0.2) is 35.7 Å². The van der Waals surface area contributed by atoms with E-state index in [2.05, 4.69) is 6.07 Å². The molecule has 0 fully saturated rings. The van der Waals surface area contributed by atoms with Gasteiger partial charge in [-0.3, -0.25) is 9.69 Å². The van der Waals surface area contributed by atoms with Gasteiger partial charge in [0, 0.05) is 17.0 Å². The van der Waals surface area contributed by atoms with Gasteiger partial charge in [-0.15, -0.1) is 11.3 Å². The van der Waals surface area contributed by atoms with Crippen molar-refractivity contribution in [2.24, 2.45) is 0 Å². The van der Waals surface area contributed by atoms with Gasteiger partial charge in [0.1, 0.15) is 0 Å². The van der Waals surface area contributed by atoms with Crippen LogP contribution in [-0.2, 0) is 6.42 Å². The second-order valence-electron chi connectivity index (χ2n) is 4.62. The topological polar surface area (TPSA) is 20.3 Å². The van der Waals surface area contributed by atoms with E-state index in [1.165, 1.54) is 10.9 Å². The molecule has 0 bridgehead atoms. The molecule has 0 radical (unpaired) electrons. The second kappa shape index (κ2) is 6.72. The van der Waals surface area contributed by atoms with Crippen molar-refractivity contribution in [2.45, 2.75) is 6.42 Å². The number of carbonyl (C=O) groups is 1. The molecule has 1 heterocycles. The summed E-state index contributed by atoms with van der Waals surface area (Å²) in [6.45, 7) is 0.937. The molecule has 1 aromatic heterocycles. The van der Waals surface area contributed by atoms with Crippen LogP contribution in [-0.4, -0.2) is 30.8 Å². The highest BCUT2D eigenvalue weighted by Gasteiger charge is 2.12. The van der Waals surface area contributed by atoms with Crippen molar-refractivity contribution in [3.8, 4) is 0 Å². The van der Waals surface area contributed by atoms with E-state index in [0.717, 1.165) is 25.1 Å². The van der Waals surface area contributed by atoms with Gasteiger partial charge in [-0.1, -0.05) is 6.07 Å². The number of hydrogen-bond donors (Lipinski definition) is 0. The molecule has 0 unspecified atom stereocenters. The zero-order chi connectivity index (χ0) is 14.5. The van der Waals surface area contributed by atoms with E-state index >= 15 is 0 Å². The van der Waals surface area contributed by atoms with Gasteiger partial charge in [0.15, 0.2) is 17.4 Å². The summed E-state index contributed by atoms with van der Waals surface area (Å²) in [7, 11) is 1.84. The van der Waals surface area contributed by atoms with Crippen LogP contribution in [0.3, 0.4) is 0 Å². The Hall–Kier alpha value is -1.59. The lowest BCUT2D eigenvalue weighted by Crippen LogP contribution is -2.28. The van der Waals surface area contributed by atoms with E-state index in [9.17, 15) is 13.6 Å². The highest BCUT2D eigenvalue weighted by molar-refractivity contribution is 7.09. The first kappa shape index (κ1) is 14.8. The summed E-state index contributed by atoms with van der Waals surface area (Å²) in [5.41, 5.74) is 0.201. The summed E-state index contributed by atoms with van der Waals surface area (Å²) >= 11 is 1.68. The summed E-state index contributed by atoms with van der Waals surface area (Å²) in [5.74, 6) is -2.14. The number of benzene rings is 1. The van der Waals surface area contributed by atoms with Crippen molar-refractivity contribution in [1.82, 2.24) is 4.90 Å². The quantitative estimate of drug-likeness (QED) is 0.761. The monoisotopic (exact) mass is 295 g/mol. The van der Waals surface area contributed by atoms with Crippen molar-refractivity contribution >= 4 is 17.1 Å². The van der Waals surface area contributed by atoms with E-state index in [4.69, 9.17) is 0 Å². The Morgan fingerprint density at radius 1 is 1.25 bits per heavy atom. The maximum absolute atomic E-state index is 13.1. The third-order valence-corrected chi connectivity index (χ3v) is 3.91. The molecule has 0 spiro atoms. The van der Waals surface area contributed by atoms with Crippen LogP contribution in [0.1, 0.15) is 15.2 Å². The summed E-state index contributed by atoms with van der Waals surface area (Å²) in [4.78, 5) is 15.1. The second-order valence-corrected chi connectivity index (χ2v) is 5.65. The number of hydrogen-bond acceptors (Lipinski definition) is 3. The fourth-order valence-electron chi connectivity index (χ4n) is 1.84. The van der Waals surface area contributed by atoms with Gasteiger partial charge in [0.05, 0.1) is 6.54 Å². The molecule has 0 aliphatic carbocycles.